The Bertz CT molecular complexity index is 773. The van der Waals surface area contributed by atoms with Crippen LogP contribution in [-0.4, -0.2) is 54.9 Å². The monoisotopic (exact) mass is 407 g/mol. The van der Waals surface area contributed by atoms with Crippen LogP contribution in [0.2, 0.25) is 0 Å². The molecule has 1 aromatic carbocycles. The summed E-state index contributed by atoms with van der Waals surface area (Å²) in [7, 11) is 1.27. The Morgan fingerprint density at radius 1 is 1.14 bits per heavy atom. The second-order valence-corrected chi connectivity index (χ2v) is 6.77. The van der Waals surface area contributed by atoms with Crippen molar-refractivity contribution in [3.63, 3.8) is 0 Å². The molecule has 2 rings (SSSR count). The molecule has 0 unspecified atom stereocenters. The minimum atomic E-state index is -0.607. The molecule has 1 fully saturated rings. The summed E-state index contributed by atoms with van der Waals surface area (Å²) in [6.45, 7) is 1.63. The Morgan fingerprint density at radius 2 is 1.86 bits per heavy atom. The van der Waals surface area contributed by atoms with Gasteiger partial charge in [0.25, 0.3) is 11.1 Å². The number of ether oxygens (including phenoxy) is 3. The topological polar surface area (TPSA) is 99.2 Å². The van der Waals surface area contributed by atoms with Gasteiger partial charge in [-0.25, -0.2) is 4.79 Å². The highest BCUT2D eigenvalue weighted by molar-refractivity contribution is 8.18. The smallest absolute Gasteiger partial charge is 0.343 e. The van der Waals surface area contributed by atoms with Crippen LogP contribution in [0.4, 0.5) is 4.79 Å². The lowest BCUT2D eigenvalue weighted by molar-refractivity contribution is -0.146. The Balaban J connectivity index is 1.97. The predicted molar refractivity (Wildman–Crippen MR) is 102 cm³/mol. The quantitative estimate of drug-likeness (QED) is 0.350. The average molecular weight is 407 g/mol. The van der Waals surface area contributed by atoms with Crippen LogP contribution >= 0.6 is 11.8 Å². The highest BCUT2D eigenvalue weighted by atomic mass is 32.2. The molecule has 0 saturated carbocycles. The highest BCUT2D eigenvalue weighted by Crippen LogP contribution is 2.32. The van der Waals surface area contributed by atoms with Gasteiger partial charge in [-0.05, 0) is 42.0 Å². The number of hydrogen-bond donors (Lipinski definition) is 0. The third kappa shape index (κ3) is 6.12. The Kier molecular flexibility index (Phi) is 8.06. The maximum Gasteiger partial charge on any atom is 0.343 e. The van der Waals surface area contributed by atoms with Gasteiger partial charge in [-0.3, -0.25) is 19.3 Å². The molecule has 2 amide bonds. The van der Waals surface area contributed by atoms with Crippen molar-refractivity contribution < 1.29 is 33.4 Å². The van der Waals surface area contributed by atoms with E-state index in [-0.39, 0.29) is 18.1 Å². The molecule has 0 aliphatic carbocycles. The van der Waals surface area contributed by atoms with E-state index in [1.807, 2.05) is 6.92 Å². The van der Waals surface area contributed by atoms with Gasteiger partial charge in [0.1, 0.15) is 12.3 Å². The van der Waals surface area contributed by atoms with E-state index in [1.54, 1.807) is 30.3 Å². The van der Waals surface area contributed by atoms with E-state index < -0.39 is 29.6 Å². The number of nitrogens with zero attached hydrogens (tertiary/aromatic N) is 1. The molecule has 1 heterocycles. The van der Waals surface area contributed by atoms with Gasteiger partial charge in [-0.2, -0.15) is 0 Å². The van der Waals surface area contributed by atoms with Crippen molar-refractivity contribution in [3.8, 4) is 5.75 Å². The number of benzene rings is 1. The van der Waals surface area contributed by atoms with Crippen LogP contribution in [0, 0.1) is 0 Å². The Labute approximate surface area is 166 Å². The van der Waals surface area contributed by atoms with Crippen molar-refractivity contribution in [3.05, 3.63) is 34.7 Å². The van der Waals surface area contributed by atoms with Crippen molar-refractivity contribution in [1.29, 1.82) is 0 Å². The van der Waals surface area contributed by atoms with Crippen molar-refractivity contribution in [1.82, 2.24) is 4.90 Å². The molecule has 1 saturated heterocycles. The minimum Gasteiger partial charge on any atom is -0.482 e. The maximum absolute atomic E-state index is 12.4. The molecule has 150 valence electrons. The Hall–Kier alpha value is -2.81. The van der Waals surface area contributed by atoms with E-state index in [2.05, 4.69) is 4.74 Å². The van der Waals surface area contributed by atoms with E-state index in [1.165, 1.54) is 7.11 Å². The normalized spacial score (nSPS) is 15.1. The summed E-state index contributed by atoms with van der Waals surface area (Å²) in [5.74, 6) is -1.17. The molecular weight excluding hydrogens is 386 g/mol. The van der Waals surface area contributed by atoms with E-state index in [4.69, 9.17) is 9.47 Å². The van der Waals surface area contributed by atoms with Gasteiger partial charge in [-0.15, -0.1) is 0 Å². The highest BCUT2D eigenvalue weighted by Gasteiger charge is 2.36. The van der Waals surface area contributed by atoms with Gasteiger partial charge in [0, 0.05) is 0 Å². The number of imide groups is 1. The van der Waals surface area contributed by atoms with Gasteiger partial charge in [0.05, 0.1) is 18.6 Å². The molecule has 28 heavy (non-hydrogen) atoms. The third-order valence-corrected chi connectivity index (χ3v) is 4.59. The molecule has 8 nitrogen and oxygen atoms in total. The number of methoxy groups -OCH3 is 1. The number of carbonyl (C=O) groups is 4. The molecule has 0 N–H and O–H groups in total. The molecule has 9 heteroatoms. The van der Waals surface area contributed by atoms with Gasteiger partial charge in [0.15, 0.2) is 6.61 Å². The first-order valence-electron chi connectivity index (χ1n) is 8.65. The first kappa shape index (κ1) is 21.5. The number of thioether (sulfide) groups is 1. The molecule has 1 aliphatic rings. The van der Waals surface area contributed by atoms with Crippen LogP contribution in [0.1, 0.15) is 25.3 Å². The van der Waals surface area contributed by atoms with Gasteiger partial charge in [-0.1, -0.05) is 25.5 Å². The lowest BCUT2D eigenvalue weighted by atomic mass is 10.2. The molecule has 1 aromatic rings. The number of esters is 2. The van der Waals surface area contributed by atoms with Gasteiger partial charge < -0.3 is 14.2 Å². The zero-order valence-electron chi connectivity index (χ0n) is 15.6. The lowest BCUT2D eigenvalue weighted by Crippen LogP contribution is -2.34. The standard InChI is InChI=1S/C19H21NO7S/c1-3-4-9-26-16(21)11-20-18(23)15(28-19(20)24)10-13-5-7-14(8-6-13)27-12-17(22)25-2/h5-8,10H,3-4,9,11-12H2,1-2H3/b15-10-. The fourth-order valence-electron chi connectivity index (χ4n) is 2.15. The van der Waals surface area contributed by atoms with Crippen molar-refractivity contribution >= 4 is 40.9 Å². The van der Waals surface area contributed by atoms with Crippen molar-refractivity contribution in [2.75, 3.05) is 26.9 Å². The lowest BCUT2D eigenvalue weighted by Gasteiger charge is -2.11. The van der Waals surface area contributed by atoms with Crippen molar-refractivity contribution in [2.24, 2.45) is 0 Å². The third-order valence-electron chi connectivity index (χ3n) is 3.68. The van der Waals surface area contributed by atoms with Crippen molar-refractivity contribution in [2.45, 2.75) is 19.8 Å². The molecule has 0 radical (unpaired) electrons. The van der Waals surface area contributed by atoms with Crippen LogP contribution in [-0.2, 0) is 23.9 Å². The fourth-order valence-corrected chi connectivity index (χ4v) is 2.99. The number of amides is 2. The summed E-state index contributed by atoms with van der Waals surface area (Å²) in [6, 6.07) is 6.62. The first-order valence-corrected chi connectivity index (χ1v) is 9.47. The number of unbranched alkanes of at least 4 members (excludes halogenated alkanes) is 1. The summed E-state index contributed by atoms with van der Waals surface area (Å²) >= 11 is 0.767. The number of rotatable bonds is 9. The Morgan fingerprint density at radius 3 is 2.50 bits per heavy atom. The second kappa shape index (κ2) is 10.5. The summed E-state index contributed by atoms with van der Waals surface area (Å²) in [5, 5.41) is -0.512. The van der Waals surface area contributed by atoms with Crippen LogP contribution in [0.15, 0.2) is 29.2 Å². The van der Waals surface area contributed by atoms with E-state index >= 15 is 0 Å². The predicted octanol–water partition coefficient (Wildman–Crippen LogP) is 2.62. The van der Waals surface area contributed by atoms with Crippen LogP contribution in [0.3, 0.4) is 0 Å². The van der Waals surface area contributed by atoms with E-state index in [9.17, 15) is 19.2 Å². The largest absolute Gasteiger partial charge is 0.482 e. The van der Waals surface area contributed by atoms with E-state index in [0.717, 1.165) is 29.5 Å². The maximum atomic E-state index is 12.4. The number of hydrogen-bond acceptors (Lipinski definition) is 8. The molecule has 0 bridgehead atoms. The summed E-state index contributed by atoms with van der Waals surface area (Å²) in [4.78, 5) is 48.3. The molecule has 0 atom stereocenters. The van der Waals surface area contributed by atoms with Crippen LogP contribution in [0.5, 0.6) is 5.75 Å². The SMILES string of the molecule is CCCCOC(=O)CN1C(=O)S/C(=C\c2ccc(OCC(=O)OC)cc2)C1=O. The number of carbonyl (C=O) groups excluding carboxylic acids is 4. The summed E-state index contributed by atoms with van der Waals surface area (Å²) in [6.07, 6.45) is 3.16. The minimum absolute atomic E-state index is 0.205. The first-order chi connectivity index (χ1) is 13.4. The molecule has 1 aliphatic heterocycles. The summed E-state index contributed by atoms with van der Waals surface area (Å²) < 4.78 is 14.7. The average Bonchev–Trinajstić information content (AvgIpc) is 2.94. The molecule has 0 aromatic heterocycles. The fraction of sp³-hybridized carbons (Fsp3) is 0.368. The summed E-state index contributed by atoms with van der Waals surface area (Å²) in [5.41, 5.74) is 0.668. The van der Waals surface area contributed by atoms with Gasteiger partial charge in [0.2, 0.25) is 0 Å². The van der Waals surface area contributed by atoms with Gasteiger partial charge >= 0.3 is 11.9 Å². The zero-order chi connectivity index (χ0) is 20.5. The van der Waals surface area contributed by atoms with Crippen LogP contribution in [0.25, 0.3) is 6.08 Å². The van der Waals surface area contributed by atoms with E-state index in [0.29, 0.717) is 11.3 Å². The molecular formula is C19H21NO7S. The zero-order valence-corrected chi connectivity index (χ0v) is 16.5. The second-order valence-electron chi connectivity index (χ2n) is 5.78. The molecule has 0 spiro atoms. The van der Waals surface area contributed by atoms with Crippen LogP contribution < -0.4 is 4.74 Å².